The zero-order valence-electron chi connectivity index (χ0n) is 12.0. The maximum absolute atomic E-state index is 5.67. The summed E-state index contributed by atoms with van der Waals surface area (Å²) < 4.78 is 12.6. The van der Waals surface area contributed by atoms with Crippen molar-refractivity contribution in [3.05, 3.63) is 48.3 Å². The number of imidazole rings is 1. The Morgan fingerprint density at radius 1 is 1.14 bits per heavy atom. The van der Waals surface area contributed by atoms with Gasteiger partial charge in [-0.05, 0) is 29.8 Å². The molecule has 0 spiro atoms. The van der Waals surface area contributed by atoms with Crippen molar-refractivity contribution in [3.63, 3.8) is 0 Å². The van der Waals surface area contributed by atoms with E-state index >= 15 is 0 Å². The first kappa shape index (κ1) is 13.5. The Morgan fingerprint density at radius 2 is 2.00 bits per heavy atom. The van der Waals surface area contributed by atoms with E-state index in [0.717, 1.165) is 34.0 Å². The van der Waals surface area contributed by atoms with Gasteiger partial charge < -0.3 is 19.6 Å². The first-order chi connectivity index (χ1) is 10.2. The van der Waals surface area contributed by atoms with Crippen LogP contribution in [0, 0.1) is 0 Å². The largest absolute Gasteiger partial charge is 0.497 e. The van der Waals surface area contributed by atoms with E-state index in [0.29, 0.717) is 6.54 Å². The molecule has 108 valence electrons. The summed E-state index contributed by atoms with van der Waals surface area (Å²) in [6.07, 6.45) is 3.93. The van der Waals surface area contributed by atoms with Gasteiger partial charge in [-0.15, -0.1) is 0 Å². The Bertz CT molecular complexity index is 780. The molecule has 1 aromatic carbocycles. The Hall–Kier alpha value is -2.53. The molecular formula is C16H17N3O2. The summed E-state index contributed by atoms with van der Waals surface area (Å²) in [6.45, 7) is 0.505. The summed E-state index contributed by atoms with van der Waals surface area (Å²) in [4.78, 5) is 4.64. The molecule has 2 N–H and O–H groups in total. The minimum absolute atomic E-state index is 0.505. The van der Waals surface area contributed by atoms with E-state index in [2.05, 4.69) is 4.98 Å². The van der Waals surface area contributed by atoms with Crippen LogP contribution in [0.5, 0.6) is 11.5 Å². The molecule has 0 aliphatic heterocycles. The van der Waals surface area contributed by atoms with Crippen LogP contribution in [0.15, 0.2) is 42.7 Å². The van der Waals surface area contributed by atoms with E-state index < -0.39 is 0 Å². The first-order valence-electron chi connectivity index (χ1n) is 6.65. The van der Waals surface area contributed by atoms with Crippen LogP contribution in [-0.2, 0) is 6.54 Å². The van der Waals surface area contributed by atoms with Gasteiger partial charge in [0.2, 0.25) is 0 Å². The lowest BCUT2D eigenvalue weighted by Gasteiger charge is -2.08. The third kappa shape index (κ3) is 2.43. The molecule has 0 atom stereocenters. The number of nitrogens with two attached hydrogens (primary N) is 1. The molecule has 3 aromatic rings. The van der Waals surface area contributed by atoms with Crippen LogP contribution in [0.4, 0.5) is 0 Å². The van der Waals surface area contributed by atoms with Gasteiger partial charge in [0, 0.05) is 30.6 Å². The molecule has 0 fully saturated rings. The molecule has 21 heavy (non-hydrogen) atoms. The van der Waals surface area contributed by atoms with Crippen molar-refractivity contribution in [2.24, 2.45) is 5.73 Å². The molecule has 3 rings (SSSR count). The van der Waals surface area contributed by atoms with Crippen molar-refractivity contribution in [2.75, 3.05) is 14.2 Å². The average molecular weight is 283 g/mol. The van der Waals surface area contributed by atoms with Crippen LogP contribution in [0.3, 0.4) is 0 Å². The monoisotopic (exact) mass is 283 g/mol. The van der Waals surface area contributed by atoms with Crippen molar-refractivity contribution in [3.8, 4) is 22.8 Å². The van der Waals surface area contributed by atoms with E-state index in [1.165, 1.54) is 0 Å². The number of methoxy groups -OCH3 is 2. The third-order valence-electron chi connectivity index (χ3n) is 3.44. The smallest absolute Gasteiger partial charge is 0.137 e. The molecule has 2 aromatic heterocycles. The van der Waals surface area contributed by atoms with Gasteiger partial charge in [-0.25, -0.2) is 4.98 Å². The first-order valence-corrected chi connectivity index (χ1v) is 6.65. The predicted octanol–water partition coefficient (Wildman–Crippen LogP) is 2.48. The second-order valence-electron chi connectivity index (χ2n) is 4.70. The molecule has 0 bridgehead atoms. The molecular weight excluding hydrogens is 266 g/mol. The highest BCUT2D eigenvalue weighted by Crippen LogP contribution is 2.32. The SMILES string of the molecule is COc1ccc(-c2cn3ccc(CN)cc3n2)c(OC)c1. The van der Waals surface area contributed by atoms with Gasteiger partial charge in [0.05, 0.1) is 19.9 Å². The quantitative estimate of drug-likeness (QED) is 0.799. The van der Waals surface area contributed by atoms with E-state index in [4.69, 9.17) is 15.2 Å². The second-order valence-corrected chi connectivity index (χ2v) is 4.70. The number of nitrogens with zero attached hydrogens (tertiary/aromatic N) is 2. The van der Waals surface area contributed by atoms with Gasteiger partial charge in [0.25, 0.3) is 0 Å². The van der Waals surface area contributed by atoms with Crippen molar-refractivity contribution < 1.29 is 9.47 Å². The fourth-order valence-corrected chi connectivity index (χ4v) is 2.29. The maximum atomic E-state index is 5.67. The van der Waals surface area contributed by atoms with Crippen LogP contribution < -0.4 is 15.2 Å². The van der Waals surface area contributed by atoms with Crippen LogP contribution in [0.25, 0.3) is 16.9 Å². The molecule has 0 aliphatic carbocycles. The van der Waals surface area contributed by atoms with Crippen LogP contribution in [-0.4, -0.2) is 23.6 Å². The molecule has 5 heteroatoms. The lowest BCUT2D eigenvalue weighted by atomic mass is 10.1. The van der Waals surface area contributed by atoms with Gasteiger partial charge in [0.15, 0.2) is 0 Å². The zero-order chi connectivity index (χ0) is 14.8. The van der Waals surface area contributed by atoms with Crippen molar-refractivity contribution in [2.45, 2.75) is 6.54 Å². The van der Waals surface area contributed by atoms with Gasteiger partial charge in [0.1, 0.15) is 17.1 Å². The fourth-order valence-electron chi connectivity index (χ4n) is 2.29. The molecule has 2 heterocycles. The summed E-state index contributed by atoms with van der Waals surface area (Å²) in [5.41, 5.74) is 9.37. The number of rotatable bonds is 4. The van der Waals surface area contributed by atoms with E-state index in [1.54, 1.807) is 14.2 Å². The van der Waals surface area contributed by atoms with E-state index in [1.807, 2.05) is 47.1 Å². The fraction of sp³-hybridized carbons (Fsp3) is 0.188. The summed E-state index contributed by atoms with van der Waals surface area (Å²) in [6, 6.07) is 9.67. The molecule has 0 saturated carbocycles. The summed E-state index contributed by atoms with van der Waals surface area (Å²) in [5.74, 6) is 1.49. The van der Waals surface area contributed by atoms with Gasteiger partial charge >= 0.3 is 0 Å². The number of aromatic nitrogens is 2. The Balaban J connectivity index is 2.11. The maximum Gasteiger partial charge on any atom is 0.137 e. The average Bonchev–Trinajstić information content (AvgIpc) is 2.96. The number of fused-ring (bicyclic) bond motifs is 1. The molecule has 5 nitrogen and oxygen atoms in total. The highest BCUT2D eigenvalue weighted by molar-refractivity contribution is 5.70. The topological polar surface area (TPSA) is 61.8 Å². The minimum atomic E-state index is 0.505. The lowest BCUT2D eigenvalue weighted by Crippen LogP contribution is -1.96. The molecule has 0 radical (unpaired) electrons. The number of hydrogen-bond acceptors (Lipinski definition) is 4. The predicted molar refractivity (Wildman–Crippen MR) is 81.6 cm³/mol. The zero-order valence-corrected chi connectivity index (χ0v) is 12.0. The Morgan fingerprint density at radius 3 is 2.71 bits per heavy atom. The lowest BCUT2D eigenvalue weighted by molar-refractivity contribution is 0.395. The van der Waals surface area contributed by atoms with Gasteiger partial charge in [-0.1, -0.05) is 0 Å². The molecule has 0 aliphatic rings. The summed E-state index contributed by atoms with van der Waals surface area (Å²) in [5, 5.41) is 0. The molecule has 0 amide bonds. The molecule has 0 saturated heterocycles. The minimum Gasteiger partial charge on any atom is -0.497 e. The van der Waals surface area contributed by atoms with Gasteiger partial charge in [-0.3, -0.25) is 0 Å². The van der Waals surface area contributed by atoms with Crippen LogP contribution >= 0.6 is 0 Å². The van der Waals surface area contributed by atoms with Crippen molar-refractivity contribution >= 4 is 5.65 Å². The Kier molecular flexibility index (Phi) is 3.50. The number of ether oxygens (including phenoxy) is 2. The van der Waals surface area contributed by atoms with Crippen LogP contribution in [0.1, 0.15) is 5.56 Å². The standard InChI is InChI=1S/C16H17N3O2/c1-20-12-3-4-13(15(8-12)21-2)14-10-19-6-5-11(9-17)7-16(19)18-14/h3-8,10H,9,17H2,1-2H3. The summed E-state index contributed by atoms with van der Waals surface area (Å²) in [7, 11) is 3.27. The van der Waals surface area contributed by atoms with E-state index in [9.17, 15) is 0 Å². The third-order valence-corrected chi connectivity index (χ3v) is 3.44. The highest BCUT2D eigenvalue weighted by Gasteiger charge is 2.11. The number of hydrogen-bond donors (Lipinski definition) is 1. The second kappa shape index (κ2) is 5.46. The Labute approximate surface area is 122 Å². The summed E-state index contributed by atoms with van der Waals surface area (Å²) >= 11 is 0. The molecule has 0 unspecified atom stereocenters. The number of pyridine rings is 1. The van der Waals surface area contributed by atoms with Gasteiger partial charge in [-0.2, -0.15) is 0 Å². The van der Waals surface area contributed by atoms with Crippen molar-refractivity contribution in [1.29, 1.82) is 0 Å². The van der Waals surface area contributed by atoms with Crippen LogP contribution in [0.2, 0.25) is 0 Å². The highest BCUT2D eigenvalue weighted by atomic mass is 16.5. The van der Waals surface area contributed by atoms with Crippen molar-refractivity contribution in [1.82, 2.24) is 9.38 Å². The van der Waals surface area contributed by atoms with E-state index in [-0.39, 0.29) is 0 Å². The normalized spacial score (nSPS) is 10.8. The number of benzene rings is 1.